The van der Waals surface area contributed by atoms with Crippen LogP contribution in [0.2, 0.25) is 0 Å². The maximum Gasteiger partial charge on any atom is 0.326 e. The van der Waals surface area contributed by atoms with Crippen molar-refractivity contribution in [3.8, 4) is 5.75 Å². The lowest BCUT2D eigenvalue weighted by Gasteiger charge is -2.22. The number of benzene rings is 2. The number of carbonyl (C=O) groups excluding carboxylic acids is 3. The highest BCUT2D eigenvalue weighted by Crippen LogP contribution is 2.30. The molecule has 1 aliphatic heterocycles. The van der Waals surface area contributed by atoms with Crippen molar-refractivity contribution in [1.29, 1.82) is 0 Å². The van der Waals surface area contributed by atoms with E-state index in [1.807, 2.05) is 0 Å². The number of halogens is 2. The highest BCUT2D eigenvalue weighted by molar-refractivity contribution is 6.00. The summed E-state index contributed by atoms with van der Waals surface area (Å²) in [5.41, 5.74) is 0.455. The van der Waals surface area contributed by atoms with Crippen molar-refractivity contribution < 1.29 is 32.6 Å². The molecule has 0 saturated heterocycles. The van der Waals surface area contributed by atoms with Crippen LogP contribution in [-0.4, -0.2) is 37.0 Å². The van der Waals surface area contributed by atoms with Crippen LogP contribution in [0.4, 0.5) is 20.2 Å². The van der Waals surface area contributed by atoms with E-state index in [4.69, 9.17) is 9.47 Å². The molecule has 0 aromatic heterocycles. The third kappa shape index (κ3) is 4.87. The predicted octanol–water partition coefficient (Wildman–Crippen LogP) is 2.65. The summed E-state index contributed by atoms with van der Waals surface area (Å²) in [7, 11) is 0. The number of para-hydroxylation sites is 2. The molecule has 1 N–H and O–H groups in total. The molecule has 0 saturated carbocycles. The van der Waals surface area contributed by atoms with E-state index in [0.717, 1.165) is 12.1 Å². The summed E-state index contributed by atoms with van der Waals surface area (Å²) in [6, 6.07) is 9.64. The smallest absolute Gasteiger partial charge is 0.326 e. The minimum Gasteiger partial charge on any atom is -0.491 e. The van der Waals surface area contributed by atoms with Gasteiger partial charge in [-0.25, -0.2) is 8.78 Å². The minimum atomic E-state index is -1.22. The molecule has 0 radical (unpaired) electrons. The highest BCUT2D eigenvalue weighted by Gasteiger charge is 2.27. The van der Waals surface area contributed by atoms with Gasteiger partial charge in [-0.2, -0.15) is 0 Å². The summed E-state index contributed by atoms with van der Waals surface area (Å²) >= 11 is 0. The zero-order valence-corrected chi connectivity index (χ0v) is 15.5. The second-order valence-electron chi connectivity index (χ2n) is 6.30. The molecule has 152 valence electrons. The average Bonchev–Trinajstić information content (AvgIpc) is 2.84. The summed E-state index contributed by atoms with van der Waals surface area (Å²) in [6.07, 6.45) is -1.13. The monoisotopic (exact) mass is 404 g/mol. The van der Waals surface area contributed by atoms with Crippen molar-refractivity contribution in [2.75, 3.05) is 23.4 Å². The number of rotatable bonds is 5. The number of nitrogens with zero attached hydrogens (tertiary/aromatic N) is 1. The lowest BCUT2D eigenvalue weighted by molar-refractivity contribution is -0.152. The maximum atomic E-state index is 13.2. The average molecular weight is 404 g/mol. The summed E-state index contributed by atoms with van der Waals surface area (Å²) < 4.78 is 36.8. The molecule has 2 aromatic rings. The van der Waals surface area contributed by atoms with Crippen molar-refractivity contribution in [1.82, 2.24) is 0 Å². The van der Waals surface area contributed by atoms with Gasteiger partial charge in [0.05, 0.1) is 18.7 Å². The molecule has 0 spiro atoms. The van der Waals surface area contributed by atoms with Gasteiger partial charge in [-0.15, -0.1) is 0 Å². The first kappa shape index (κ1) is 20.2. The van der Waals surface area contributed by atoms with Crippen molar-refractivity contribution >= 4 is 29.2 Å². The topological polar surface area (TPSA) is 84.9 Å². The Balaban J connectivity index is 1.63. The van der Waals surface area contributed by atoms with Gasteiger partial charge in [-0.05, 0) is 31.2 Å². The molecule has 0 fully saturated rings. The first-order chi connectivity index (χ1) is 13.8. The number of esters is 1. The second kappa shape index (κ2) is 8.68. The minimum absolute atomic E-state index is 0.0190. The number of hydrogen-bond acceptors (Lipinski definition) is 5. The van der Waals surface area contributed by atoms with Gasteiger partial charge in [0.2, 0.25) is 5.91 Å². The van der Waals surface area contributed by atoms with Crippen LogP contribution in [0.25, 0.3) is 0 Å². The zero-order valence-electron chi connectivity index (χ0n) is 15.5. The Hall–Kier alpha value is -3.49. The van der Waals surface area contributed by atoms with Gasteiger partial charge in [-0.1, -0.05) is 12.1 Å². The van der Waals surface area contributed by atoms with Crippen molar-refractivity contribution in [2.45, 2.75) is 19.4 Å². The molecule has 2 aromatic carbocycles. The number of anilines is 2. The fourth-order valence-corrected chi connectivity index (χ4v) is 2.73. The van der Waals surface area contributed by atoms with Crippen LogP contribution in [0, 0.1) is 11.6 Å². The largest absolute Gasteiger partial charge is 0.491 e. The van der Waals surface area contributed by atoms with Gasteiger partial charge in [0.15, 0.2) is 17.7 Å². The molecule has 9 heteroatoms. The van der Waals surface area contributed by atoms with E-state index in [2.05, 4.69) is 5.32 Å². The third-order valence-electron chi connectivity index (χ3n) is 4.18. The molecule has 1 atom stereocenters. The van der Waals surface area contributed by atoms with Crippen molar-refractivity contribution in [3.63, 3.8) is 0 Å². The van der Waals surface area contributed by atoms with Crippen LogP contribution in [-0.2, 0) is 19.1 Å². The Bertz CT molecular complexity index is 950. The van der Waals surface area contributed by atoms with Gasteiger partial charge in [0.25, 0.3) is 5.91 Å². The molecule has 0 aliphatic carbocycles. The van der Waals surface area contributed by atoms with E-state index in [1.54, 1.807) is 24.3 Å². The van der Waals surface area contributed by atoms with Crippen LogP contribution in [0.1, 0.15) is 13.3 Å². The molecule has 1 heterocycles. The van der Waals surface area contributed by atoms with E-state index >= 15 is 0 Å². The number of hydrogen-bond donors (Lipinski definition) is 1. The normalized spacial score (nSPS) is 14.3. The number of ether oxygens (including phenoxy) is 2. The molecule has 7 nitrogen and oxygen atoms in total. The summed E-state index contributed by atoms with van der Waals surface area (Å²) in [4.78, 5) is 38.0. The van der Waals surface area contributed by atoms with Gasteiger partial charge in [0.1, 0.15) is 12.3 Å². The highest BCUT2D eigenvalue weighted by atomic mass is 19.2. The molecule has 3 rings (SSSR count). The fraction of sp³-hybridized carbons (Fsp3) is 0.250. The lowest BCUT2D eigenvalue weighted by atomic mass is 10.2. The maximum absolute atomic E-state index is 13.2. The van der Waals surface area contributed by atoms with Crippen LogP contribution < -0.4 is 15.0 Å². The van der Waals surface area contributed by atoms with Crippen LogP contribution in [0.5, 0.6) is 5.75 Å². The van der Waals surface area contributed by atoms with Crippen molar-refractivity contribution in [3.05, 3.63) is 54.1 Å². The number of amides is 2. The van der Waals surface area contributed by atoms with Gasteiger partial charge in [-0.3, -0.25) is 19.3 Å². The van der Waals surface area contributed by atoms with Gasteiger partial charge in [0, 0.05) is 11.8 Å². The number of carbonyl (C=O) groups is 3. The molecular formula is C20H18F2N2O5. The van der Waals surface area contributed by atoms with Crippen molar-refractivity contribution in [2.24, 2.45) is 0 Å². The summed E-state index contributed by atoms with van der Waals surface area (Å²) in [5.74, 6) is -3.54. The first-order valence-electron chi connectivity index (χ1n) is 8.82. The number of fused-ring (bicyclic) bond motifs is 1. The number of nitrogens with one attached hydrogen (secondary N) is 1. The summed E-state index contributed by atoms with van der Waals surface area (Å²) in [5, 5.41) is 2.33. The Kier molecular flexibility index (Phi) is 6.06. The van der Waals surface area contributed by atoms with Crippen LogP contribution in [0.3, 0.4) is 0 Å². The lowest BCUT2D eigenvalue weighted by Crippen LogP contribution is -2.39. The van der Waals surface area contributed by atoms with Crippen LogP contribution >= 0.6 is 0 Å². The standard InChI is InChI=1S/C20H18F2N2O5/c1-12(20(27)23-13-6-7-14(21)15(22)10-13)29-19(26)11-24-16-4-2-3-5-17(16)28-9-8-18(24)25/h2-7,10,12H,8-9,11H2,1H3,(H,23,27)/t12-/m1/s1. The Morgan fingerprint density at radius 2 is 1.97 bits per heavy atom. The first-order valence-corrected chi connectivity index (χ1v) is 8.82. The molecule has 0 bridgehead atoms. The SMILES string of the molecule is C[C@@H](OC(=O)CN1C(=O)CCOc2ccccc21)C(=O)Nc1ccc(F)c(F)c1. The Morgan fingerprint density at radius 1 is 1.21 bits per heavy atom. The van der Waals surface area contributed by atoms with Gasteiger partial charge < -0.3 is 14.8 Å². The third-order valence-corrected chi connectivity index (χ3v) is 4.18. The zero-order chi connectivity index (χ0) is 21.0. The van der Waals surface area contributed by atoms with E-state index < -0.39 is 36.2 Å². The van der Waals surface area contributed by atoms with E-state index in [0.29, 0.717) is 11.4 Å². The Labute approximate surface area is 165 Å². The Morgan fingerprint density at radius 3 is 2.72 bits per heavy atom. The van der Waals surface area contributed by atoms with E-state index in [9.17, 15) is 23.2 Å². The van der Waals surface area contributed by atoms with E-state index in [1.165, 1.54) is 17.9 Å². The quantitative estimate of drug-likeness (QED) is 0.775. The van der Waals surface area contributed by atoms with E-state index in [-0.39, 0.29) is 24.6 Å². The molecule has 29 heavy (non-hydrogen) atoms. The van der Waals surface area contributed by atoms with Crippen LogP contribution in [0.15, 0.2) is 42.5 Å². The predicted molar refractivity (Wildman–Crippen MR) is 99.4 cm³/mol. The fourth-order valence-electron chi connectivity index (χ4n) is 2.73. The molecule has 2 amide bonds. The summed E-state index contributed by atoms with van der Waals surface area (Å²) in [6.45, 7) is 1.12. The molecule has 0 unspecified atom stereocenters. The molecular weight excluding hydrogens is 386 g/mol. The van der Waals surface area contributed by atoms with Gasteiger partial charge >= 0.3 is 5.97 Å². The second-order valence-corrected chi connectivity index (χ2v) is 6.30. The molecule has 1 aliphatic rings.